The summed E-state index contributed by atoms with van der Waals surface area (Å²) in [5.74, 6) is 1.35. The van der Waals surface area contributed by atoms with Crippen molar-refractivity contribution in [3.05, 3.63) is 52.0 Å². The van der Waals surface area contributed by atoms with Crippen molar-refractivity contribution < 1.29 is 9.47 Å². The van der Waals surface area contributed by atoms with Crippen molar-refractivity contribution in [3.63, 3.8) is 0 Å². The highest BCUT2D eigenvalue weighted by molar-refractivity contribution is 7.80. The molecule has 0 aliphatic rings. The third-order valence-corrected chi connectivity index (χ3v) is 3.89. The predicted molar refractivity (Wildman–Crippen MR) is 99.1 cm³/mol. The highest BCUT2D eigenvalue weighted by Gasteiger charge is 2.06. The van der Waals surface area contributed by atoms with E-state index >= 15 is 0 Å². The van der Waals surface area contributed by atoms with Crippen LogP contribution in [0.2, 0.25) is 10.0 Å². The monoisotopic (exact) mass is 370 g/mol. The first kappa shape index (κ1) is 17.7. The van der Waals surface area contributed by atoms with Crippen LogP contribution in [0, 0.1) is 0 Å². The highest BCUT2D eigenvalue weighted by Crippen LogP contribution is 2.28. The van der Waals surface area contributed by atoms with Crippen LogP contribution in [0.15, 0.2) is 36.4 Å². The summed E-state index contributed by atoms with van der Waals surface area (Å²) in [6.45, 7) is 0.532. The van der Waals surface area contributed by atoms with Crippen molar-refractivity contribution >= 4 is 46.2 Å². The smallest absolute Gasteiger partial charge is 0.171 e. The number of rotatable bonds is 5. The minimum Gasteiger partial charge on any atom is -0.493 e. The molecule has 0 amide bonds. The lowest BCUT2D eigenvalue weighted by atomic mass is 10.2. The van der Waals surface area contributed by atoms with Crippen LogP contribution in [0.3, 0.4) is 0 Å². The number of nitrogens with one attached hydrogen (secondary N) is 2. The molecule has 0 spiro atoms. The Labute approximate surface area is 150 Å². The van der Waals surface area contributed by atoms with Crippen molar-refractivity contribution in [1.29, 1.82) is 0 Å². The summed E-state index contributed by atoms with van der Waals surface area (Å²) >= 11 is 17.3. The van der Waals surface area contributed by atoms with Gasteiger partial charge in [0.15, 0.2) is 16.6 Å². The van der Waals surface area contributed by atoms with Gasteiger partial charge in [-0.3, -0.25) is 0 Å². The Bertz CT molecular complexity index is 710. The SMILES string of the molecule is COc1ccc(CNC(=S)Nc2cc(Cl)ccc2Cl)cc1OC. The Morgan fingerprint density at radius 1 is 1.04 bits per heavy atom. The van der Waals surface area contributed by atoms with Crippen molar-refractivity contribution in [3.8, 4) is 11.5 Å². The van der Waals surface area contributed by atoms with Gasteiger partial charge in [0.05, 0.1) is 24.9 Å². The normalized spacial score (nSPS) is 10.1. The van der Waals surface area contributed by atoms with Crippen molar-refractivity contribution in [2.75, 3.05) is 19.5 Å². The predicted octanol–water partition coefficient (Wildman–Crippen LogP) is 4.50. The molecule has 0 heterocycles. The molecule has 2 N–H and O–H groups in total. The number of hydrogen-bond donors (Lipinski definition) is 2. The Morgan fingerprint density at radius 2 is 1.78 bits per heavy atom. The molecule has 0 fully saturated rings. The number of thiocarbonyl (C=S) groups is 1. The summed E-state index contributed by atoms with van der Waals surface area (Å²) < 4.78 is 10.5. The summed E-state index contributed by atoms with van der Waals surface area (Å²) in [6.07, 6.45) is 0. The van der Waals surface area contributed by atoms with Gasteiger partial charge in [-0.05, 0) is 48.1 Å². The van der Waals surface area contributed by atoms with Crippen LogP contribution in [-0.4, -0.2) is 19.3 Å². The molecule has 0 bridgehead atoms. The molecule has 0 aliphatic heterocycles. The molecule has 0 saturated carbocycles. The fourth-order valence-corrected chi connectivity index (χ4v) is 2.45. The quantitative estimate of drug-likeness (QED) is 0.758. The lowest BCUT2D eigenvalue weighted by molar-refractivity contribution is 0.354. The third-order valence-electron chi connectivity index (χ3n) is 3.08. The Morgan fingerprint density at radius 3 is 2.48 bits per heavy atom. The topological polar surface area (TPSA) is 42.5 Å². The molecule has 0 saturated heterocycles. The molecule has 2 aromatic carbocycles. The molecule has 122 valence electrons. The van der Waals surface area contributed by atoms with E-state index in [1.54, 1.807) is 32.4 Å². The summed E-state index contributed by atoms with van der Waals surface area (Å²) in [4.78, 5) is 0. The largest absolute Gasteiger partial charge is 0.493 e. The standard InChI is InChI=1S/C16H16Cl2N2O2S/c1-21-14-6-3-10(7-15(14)22-2)9-19-16(23)20-13-8-11(17)4-5-12(13)18/h3-8H,9H2,1-2H3,(H2,19,20,23). The van der Waals surface area contributed by atoms with E-state index in [1.807, 2.05) is 18.2 Å². The van der Waals surface area contributed by atoms with Crippen molar-refractivity contribution in [2.45, 2.75) is 6.54 Å². The second-order valence-electron chi connectivity index (χ2n) is 4.62. The van der Waals surface area contributed by atoms with Crippen LogP contribution in [-0.2, 0) is 6.54 Å². The second-order valence-corrected chi connectivity index (χ2v) is 5.87. The molecule has 4 nitrogen and oxygen atoms in total. The fraction of sp³-hybridized carbons (Fsp3) is 0.188. The first-order chi connectivity index (χ1) is 11.0. The van der Waals surface area contributed by atoms with Gasteiger partial charge in [-0.15, -0.1) is 0 Å². The molecule has 0 unspecified atom stereocenters. The van der Waals surface area contributed by atoms with Gasteiger partial charge in [-0.1, -0.05) is 29.3 Å². The zero-order chi connectivity index (χ0) is 16.8. The average molecular weight is 371 g/mol. The molecular formula is C16H16Cl2N2O2S. The van der Waals surface area contributed by atoms with E-state index in [0.29, 0.717) is 38.9 Å². The summed E-state index contributed by atoms with van der Waals surface area (Å²) in [6, 6.07) is 10.8. The maximum atomic E-state index is 6.09. The number of halogens is 2. The number of ether oxygens (including phenoxy) is 2. The lowest BCUT2D eigenvalue weighted by Crippen LogP contribution is -2.28. The number of methoxy groups -OCH3 is 2. The maximum Gasteiger partial charge on any atom is 0.171 e. The van der Waals surface area contributed by atoms with Gasteiger partial charge in [0, 0.05) is 11.6 Å². The summed E-state index contributed by atoms with van der Waals surface area (Å²) in [5, 5.41) is 7.70. The van der Waals surface area contributed by atoms with Crippen molar-refractivity contribution in [2.24, 2.45) is 0 Å². The van der Waals surface area contributed by atoms with Crippen molar-refractivity contribution in [1.82, 2.24) is 5.32 Å². The molecule has 0 aromatic heterocycles. The average Bonchev–Trinajstić information content (AvgIpc) is 2.56. The summed E-state index contributed by atoms with van der Waals surface area (Å²) in [7, 11) is 3.20. The lowest BCUT2D eigenvalue weighted by Gasteiger charge is -2.13. The Hall–Kier alpha value is -1.69. The van der Waals surface area contributed by atoms with Crippen LogP contribution >= 0.6 is 35.4 Å². The zero-order valence-corrected chi connectivity index (χ0v) is 15.0. The van der Waals surface area contributed by atoms with E-state index in [9.17, 15) is 0 Å². The molecule has 23 heavy (non-hydrogen) atoms. The van der Waals surface area contributed by atoms with Crippen LogP contribution in [0.4, 0.5) is 5.69 Å². The zero-order valence-electron chi connectivity index (χ0n) is 12.7. The van der Waals surface area contributed by atoms with E-state index in [4.69, 9.17) is 44.9 Å². The van der Waals surface area contributed by atoms with Crippen LogP contribution in [0.1, 0.15) is 5.56 Å². The van der Waals surface area contributed by atoms with E-state index in [0.717, 1.165) is 5.56 Å². The Kier molecular flexibility index (Phi) is 6.33. The van der Waals surface area contributed by atoms with Gasteiger partial charge in [0.25, 0.3) is 0 Å². The van der Waals surface area contributed by atoms with E-state index in [2.05, 4.69) is 10.6 Å². The first-order valence-corrected chi connectivity index (χ1v) is 7.90. The number of hydrogen-bond acceptors (Lipinski definition) is 3. The molecule has 0 atom stereocenters. The van der Waals surface area contributed by atoms with Gasteiger partial charge >= 0.3 is 0 Å². The molecule has 2 rings (SSSR count). The fourth-order valence-electron chi connectivity index (χ4n) is 1.93. The van der Waals surface area contributed by atoms with Crippen LogP contribution < -0.4 is 20.1 Å². The molecule has 0 radical (unpaired) electrons. The maximum absolute atomic E-state index is 6.09. The minimum atomic E-state index is 0.448. The Balaban J connectivity index is 1.98. The van der Waals surface area contributed by atoms with Gasteiger partial charge < -0.3 is 20.1 Å². The van der Waals surface area contributed by atoms with E-state index in [-0.39, 0.29) is 0 Å². The van der Waals surface area contributed by atoms with Gasteiger partial charge in [-0.2, -0.15) is 0 Å². The first-order valence-electron chi connectivity index (χ1n) is 6.74. The van der Waals surface area contributed by atoms with Gasteiger partial charge in [0.1, 0.15) is 0 Å². The van der Waals surface area contributed by atoms with Gasteiger partial charge in [-0.25, -0.2) is 0 Å². The van der Waals surface area contributed by atoms with Crippen LogP contribution in [0.5, 0.6) is 11.5 Å². The third kappa shape index (κ3) is 4.89. The molecule has 0 aliphatic carbocycles. The number of anilines is 1. The molecular weight excluding hydrogens is 355 g/mol. The van der Waals surface area contributed by atoms with Crippen LogP contribution in [0.25, 0.3) is 0 Å². The summed E-state index contributed by atoms with van der Waals surface area (Å²) in [5.41, 5.74) is 1.66. The minimum absolute atomic E-state index is 0.448. The highest BCUT2D eigenvalue weighted by atomic mass is 35.5. The van der Waals surface area contributed by atoms with E-state index < -0.39 is 0 Å². The number of benzene rings is 2. The molecule has 7 heteroatoms. The van der Waals surface area contributed by atoms with Gasteiger partial charge in [0.2, 0.25) is 0 Å². The second kappa shape index (κ2) is 8.24. The van der Waals surface area contributed by atoms with E-state index in [1.165, 1.54) is 0 Å². The molecule has 2 aromatic rings.